The van der Waals surface area contributed by atoms with E-state index in [9.17, 15) is 4.79 Å². The molecule has 0 saturated carbocycles. The highest BCUT2D eigenvalue weighted by Gasteiger charge is 2.08. The summed E-state index contributed by atoms with van der Waals surface area (Å²) in [4.78, 5) is 17.9. The molecule has 6 heteroatoms. The molecule has 0 spiro atoms. The molecule has 22 heavy (non-hydrogen) atoms. The molecule has 0 radical (unpaired) electrons. The second-order valence-corrected chi connectivity index (χ2v) is 5.53. The number of likely N-dealkylation sites (N-methyl/N-ethyl adjacent to an activating group) is 1. The lowest BCUT2D eigenvalue weighted by molar-refractivity contribution is -0.117. The Bertz CT molecular complexity index is 633. The molecule has 0 bridgehead atoms. The predicted octanol–water partition coefficient (Wildman–Crippen LogP) is 2.43. The molecule has 3 N–H and O–H groups in total. The van der Waals surface area contributed by atoms with Crippen LogP contribution in [0.3, 0.4) is 0 Å². The second kappa shape index (κ2) is 7.77. The SMILES string of the molecule is CN(CCc1ccncc1)CC(=O)Nc1ccc(Cl)c(N)c1. The smallest absolute Gasteiger partial charge is 0.238 e. The molecule has 0 aliphatic rings. The quantitative estimate of drug-likeness (QED) is 0.802. The van der Waals surface area contributed by atoms with Gasteiger partial charge < -0.3 is 11.1 Å². The first-order valence-corrected chi connectivity index (χ1v) is 7.34. The number of nitrogens with one attached hydrogen (secondary N) is 1. The van der Waals surface area contributed by atoms with Gasteiger partial charge in [-0.15, -0.1) is 0 Å². The van der Waals surface area contributed by atoms with E-state index in [1.807, 2.05) is 24.1 Å². The van der Waals surface area contributed by atoms with Crippen LogP contribution in [0.4, 0.5) is 11.4 Å². The van der Waals surface area contributed by atoms with Crippen LogP contribution in [0, 0.1) is 0 Å². The zero-order chi connectivity index (χ0) is 15.9. The minimum Gasteiger partial charge on any atom is -0.397 e. The summed E-state index contributed by atoms with van der Waals surface area (Å²) < 4.78 is 0. The van der Waals surface area contributed by atoms with E-state index in [0.717, 1.165) is 13.0 Å². The highest BCUT2D eigenvalue weighted by molar-refractivity contribution is 6.33. The summed E-state index contributed by atoms with van der Waals surface area (Å²) in [6, 6.07) is 9.00. The number of pyridine rings is 1. The zero-order valence-electron chi connectivity index (χ0n) is 12.4. The molecular formula is C16H19ClN4O. The van der Waals surface area contributed by atoms with Crippen LogP contribution in [0.15, 0.2) is 42.7 Å². The highest BCUT2D eigenvalue weighted by Crippen LogP contribution is 2.22. The van der Waals surface area contributed by atoms with Crippen LogP contribution in [0.2, 0.25) is 5.02 Å². The second-order valence-electron chi connectivity index (χ2n) is 5.13. The van der Waals surface area contributed by atoms with Crippen molar-refractivity contribution in [3.63, 3.8) is 0 Å². The molecule has 1 aromatic heterocycles. The Morgan fingerprint density at radius 1 is 1.32 bits per heavy atom. The number of halogens is 1. The van der Waals surface area contributed by atoms with E-state index in [2.05, 4.69) is 10.3 Å². The van der Waals surface area contributed by atoms with Gasteiger partial charge in [-0.05, 0) is 49.4 Å². The number of carbonyl (C=O) groups is 1. The third-order valence-electron chi connectivity index (χ3n) is 3.22. The Balaban J connectivity index is 1.79. The normalized spacial score (nSPS) is 10.7. The Hall–Kier alpha value is -2.11. The molecule has 5 nitrogen and oxygen atoms in total. The maximum atomic E-state index is 12.0. The van der Waals surface area contributed by atoms with Gasteiger partial charge in [0.25, 0.3) is 0 Å². The van der Waals surface area contributed by atoms with E-state index in [4.69, 9.17) is 17.3 Å². The van der Waals surface area contributed by atoms with Gasteiger partial charge >= 0.3 is 0 Å². The van der Waals surface area contributed by atoms with Crippen LogP contribution < -0.4 is 11.1 Å². The minimum absolute atomic E-state index is 0.0843. The molecule has 0 saturated heterocycles. The van der Waals surface area contributed by atoms with Crippen molar-refractivity contribution in [1.29, 1.82) is 0 Å². The maximum Gasteiger partial charge on any atom is 0.238 e. The number of amides is 1. The van der Waals surface area contributed by atoms with Crippen molar-refractivity contribution in [2.24, 2.45) is 0 Å². The van der Waals surface area contributed by atoms with Crippen molar-refractivity contribution in [3.8, 4) is 0 Å². The van der Waals surface area contributed by atoms with Crippen molar-refractivity contribution in [1.82, 2.24) is 9.88 Å². The fourth-order valence-electron chi connectivity index (χ4n) is 2.02. The monoisotopic (exact) mass is 318 g/mol. The Kier molecular flexibility index (Phi) is 5.75. The number of hydrogen-bond donors (Lipinski definition) is 2. The predicted molar refractivity (Wildman–Crippen MR) is 89.9 cm³/mol. The number of benzene rings is 1. The van der Waals surface area contributed by atoms with E-state index >= 15 is 0 Å². The van der Waals surface area contributed by atoms with Crippen LogP contribution >= 0.6 is 11.6 Å². The van der Waals surface area contributed by atoms with Crippen molar-refractivity contribution < 1.29 is 4.79 Å². The lowest BCUT2D eigenvalue weighted by atomic mass is 10.2. The highest BCUT2D eigenvalue weighted by atomic mass is 35.5. The minimum atomic E-state index is -0.0843. The standard InChI is InChI=1S/C16H19ClN4O/c1-21(9-6-12-4-7-19-8-5-12)11-16(22)20-13-2-3-14(17)15(18)10-13/h2-5,7-8,10H,6,9,11,18H2,1H3,(H,20,22). The molecule has 2 aromatic rings. The van der Waals surface area contributed by atoms with Gasteiger partial charge in [0.15, 0.2) is 0 Å². The van der Waals surface area contributed by atoms with Gasteiger partial charge in [0.2, 0.25) is 5.91 Å². The molecule has 0 aliphatic heterocycles. The topological polar surface area (TPSA) is 71.2 Å². The summed E-state index contributed by atoms with van der Waals surface area (Å²) in [6.45, 7) is 1.10. The first kappa shape index (κ1) is 16.3. The fourth-order valence-corrected chi connectivity index (χ4v) is 2.13. The Labute approximate surface area is 135 Å². The third-order valence-corrected chi connectivity index (χ3v) is 3.57. The van der Waals surface area contributed by atoms with Crippen LogP contribution in [-0.2, 0) is 11.2 Å². The number of nitrogens with two attached hydrogens (primary N) is 1. The number of nitrogens with zero attached hydrogens (tertiary/aromatic N) is 2. The van der Waals surface area contributed by atoms with E-state index in [0.29, 0.717) is 22.9 Å². The summed E-state index contributed by atoms with van der Waals surface area (Å²) >= 11 is 5.85. The molecule has 0 fully saturated rings. The fraction of sp³-hybridized carbons (Fsp3) is 0.250. The maximum absolute atomic E-state index is 12.0. The Morgan fingerprint density at radius 2 is 2.05 bits per heavy atom. The average Bonchev–Trinajstić information content (AvgIpc) is 2.50. The average molecular weight is 319 g/mol. The van der Waals surface area contributed by atoms with Crippen LogP contribution in [0.5, 0.6) is 0 Å². The number of carbonyl (C=O) groups excluding carboxylic acids is 1. The summed E-state index contributed by atoms with van der Waals surface area (Å²) in [5.41, 5.74) is 8.01. The van der Waals surface area contributed by atoms with Crippen LogP contribution in [0.1, 0.15) is 5.56 Å². The van der Waals surface area contributed by atoms with Crippen LogP contribution in [-0.4, -0.2) is 35.9 Å². The summed E-state index contributed by atoms with van der Waals surface area (Å²) in [5.74, 6) is -0.0843. The lowest BCUT2D eigenvalue weighted by Gasteiger charge is -2.16. The molecule has 2 rings (SSSR count). The zero-order valence-corrected chi connectivity index (χ0v) is 13.2. The van der Waals surface area contributed by atoms with Crippen molar-refractivity contribution >= 4 is 28.9 Å². The molecule has 1 aromatic carbocycles. The van der Waals surface area contributed by atoms with E-state index in [1.54, 1.807) is 30.6 Å². The van der Waals surface area contributed by atoms with Crippen molar-refractivity contribution in [2.75, 3.05) is 31.2 Å². The molecule has 1 heterocycles. The van der Waals surface area contributed by atoms with Crippen LogP contribution in [0.25, 0.3) is 0 Å². The molecule has 0 unspecified atom stereocenters. The van der Waals surface area contributed by atoms with E-state index in [-0.39, 0.29) is 5.91 Å². The number of aromatic nitrogens is 1. The first-order valence-electron chi connectivity index (χ1n) is 6.97. The molecule has 116 valence electrons. The number of hydrogen-bond acceptors (Lipinski definition) is 4. The molecule has 0 atom stereocenters. The van der Waals surface area contributed by atoms with Gasteiger partial charge in [0.1, 0.15) is 0 Å². The van der Waals surface area contributed by atoms with Gasteiger partial charge in [0.05, 0.1) is 17.3 Å². The Morgan fingerprint density at radius 3 is 2.73 bits per heavy atom. The van der Waals surface area contributed by atoms with Crippen molar-refractivity contribution in [3.05, 3.63) is 53.3 Å². The van der Waals surface area contributed by atoms with E-state index in [1.165, 1.54) is 5.56 Å². The number of nitrogen functional groups attached to an aromatic ring is 1. The largest absolute Gasteiger partial charge is 0.397 e. The number of rotatable bonds is 6. The first-order chi connectivity index (χ1) is 10.5. The summed E-state index contributed by atoms with van der Waals surface area (Å²) in [6.07, 6.45) is 4.42. The van der Waals surface area contributed by atoms with Gasteiger partial charge in [-0.2, -0.15) is 0 Å². The third kappa shape index (κ3) is 5.02. The molecular weight excluding hydrogens is 300 g/mol. The van der Waals surface area contributed by atoms with Gasteiger partial charge in [-0.3, -0.25) is 14.7 Å². The van der Waals surface area contributed by atoms with Crippen molar-refractivity contribution in [2.45, 2.75) is 6.42 Å². The van der Waals surface area contributed by atoms with E-state index < -0.39 is 0 Å². The van der Waals surface area contributed by atoms with Gasteiger partial charge in [-0.1, -0.05) is 11.6 Å². The summed E-state index contributed by atoms with van der Waals surface area (Å²) in [7, 11) is 1.91. The van der Waals surface area contributed by atoms with Gasteiger partial charge in [-0.25, -0.2) is 0 Å². The number of anilines is 2. The van der Waals surface area contributed by atoms with Gasteiger partial charge in [0, 0.05) is 24.6 Å². The lowest BCUT2D eigenvalue weighted by Crippen LogP contribution is -2.31. The molecule has 0 aliphatic carbocycles. The molecule has 1 amide bonds. The summed E-state index contributed by atoms with van der Waals surface area (Å²) in [5, 5.41) is 3.29.